The highest BCUT2D eigenvalue weighted by Crippen LogP contribution is 2.19. The van der Waals surface area contributed by atoms with Gasteiger partial charge in [0.1, 0.15) is 5.75 Å². The number of aryl methyl sites for hydroxylation is 1. The van der Waals surface area contributed by atoms with E-state index in [9.17, 15) is 9.59 Å². The number of amides is 1. The minimum absolute atomic E-state index is 0.102. The summed E-state index contributed by atoms with van der Waals surface area (Å²) in [6.45, 7) is 8.04. The van der Waals surface area contributed by atoms with Crippen molar-refractivity contribution in [2.45, 2.75) is 26.8 Å². The van der Waals surface area contributed by atoms with Gasteiger partial charge in [-0.3, -0.25) is 9.59 Å². The number of carbonyl (C=O) groups is 1. The molecule has 4 aromatic rings. The Kier molecular flexibility index (Phi) is 6.08. The van der Waals surface area contributed by atoms with Gasteiger partial charge in [0.05, 0.1) is 13.5 Å². The molecule has 0 spiro atoms. The first kappa shape index (κ1) is 22.0. The van der Waals surface area contributed by atoms with E-state index in [1.807, 2.05) is 35.8 Å². The molecule has 2 aromatic heterocycles. The molecule has 2 heterocycles. The van der Waals surface area contributed by atoms with Crippen molar-refractivity contribution in [2.75, 3.05) is 12.4 Å². The van der Waals surface area contributed by atoms with Crippen molar-refractivity contribution >= 4 is 17.4 Å². The Morgan fingerprint density at radius 1 is 1.18 bits per heavy atom. The molecule has 1 amide bonds. The lowest BCUT2D eigenvalue weighted by atomic mass is 10.1. The molecule has 8 nitrogen and oxygen atoms in total. The fourth-order valence-electron chi connectivity index (χ4n) is 3.65. The van der Waals surface area contributed by atoms with Gasteiger partial charge < -0.3 is 14.6 Å². The van der Waals surface area contributed by atoms with Crippen LogP contribution in [0, 0.1) is 13.8 Å². The third-order valence-electron chi connectivity index (χ3n) is 5.44. The lowest BCUT2D eigenvalue weighted by Crippen LogP contribution is -2.29. The third-order valence-corrected chi connectivity index (χ3v) is 5.44. The first-order chi connectivity index (χ1) is 15.9. The van der Waals surface area contributed by atoms with Crippen molar-refractivity contribution in [3.63, 3.8) is 0 Å². The summed E-state index contributed by atoms with van der Waals surface area (Å²) in [4.78, 5) is 30.7. The molecular weight excluding hydrogens is 418 g/mol. The maximum absolute atomic E-state index is 13.3. The molecule has 2 aromatic carbocycles. The summed E-state index contributed by atoms with van der Waals surface area (Å²) in [5, 5.41) is 7.28. The Morgan fingerprint density at radius 3 is 2.64 bits per heavy atom. The maximum atomic E-state index is 13.3. The van der Waals surface area contributed by atoms with Crippen molar-refractivity contribution < 1.29 is 9.53 Å². The molecule has 0 saturated carbocycles. The minimum Gasteiger partial charge on any atom is -0.497 e. The Bertz CT molecular complexity index is 1400. The van der Waals surface area contributed by atoms with Crippen LogP contribution in [0.1, 0.15) is 16.8 Å². The second-order valence-corrected chi connectivity index (χ2v) is 7.74. The molecule has 0 aliphatic rings. The van der Waals surface area contributed by atoms with Gasteiger partial charge in [-0.15, -0.1) is 11.7 Å². The lowest BCUT2D eigenvalue weighted by Gasteiger charge is -2.14. The van der Waals surface area contributed by atoms with Crippen molar-refractivity contribution in [2.24, 2.45) is 0 Å². The Morgan fingerprint density at radius 2 is 1.94 bits per heavy atom. The zero-order valence-electron chi connectivity index (χ0n) is 18.8. The largest absolute Gasteiger partial charge is 0.497 e. The highest BCUT2D eigenvalue weighted by molar-refractivity contribution is 5.92. The van der Waals surface area contributed by atoms with E-state index in [-0.39, 0.29) is 17.9 Å². The van der Waals surface area contributed by atoms with Crippen LogP contribution in [0.2, 0.25) is 0 Å². The molecule has 0 atom stereocenters. The van der Waals surface area contributed by atoms with Crippen LogP contribution in [0.5, 0.6) is 5.75 Å². The summed E-state index contributed by atoms with van der Waals surface area (Å²) in [7, 11) is 1.56. The van der Waals surface area contributed by atoms with Gasteiger partial charge in [-0.05, 0) is 26.0 Å². The van der Waals surface area contributed by atoms with Crippen LogP contribution in [0.3, 0.4) is 0 Å². The van der Waals surface area contributed by atoms with E-state index in [0.29, 0.717) is 40.8 Å². The number of hydrogen-bond donors (Lipinski definition) is 1. The van der Waals surface area contributed by atoms with Crippen LogP contribution < -0.4 is 15.6 Å². The van der Waals surface area contributed by atoms with Crippen LogP contribution in [0.15, 0.2) is 66.0 Å². The van der Waals surface area contributed by atoms with Gasteiger partial charge in [-0.2, -0.15) is 9.50 Å². The SMILES string of the molecule is C=CCn1c(C)c(CC(=O)Nc2cccc(OC)c2)c(=O)n2nc(-c3ccc(C)cc3)nc12. The number of carbonyl (C=O) groups excluding carboxylic acids is 1. The van der Waals surface area contributed by atoms with Crippen molar-refractivity contribution in [1.29, 1.82) is 0 Å². The topological polar surface area (TPSA) is 90.5 Å². The zero-order chi connectivity index (χ0) is 23.5. The van der Waals surface area contributed by atoms with E-state index in [0.717, 1.165) is 11.1 Å². The number of allylic oxidation sites excluding steroid dienone is 1. The zero-order valence-corrected chi connectivity index (χ0v) is 18.8. The van der Waals surface area contributed by atoms with Crippen molar-refractivity contribution in [3.8, 4) is 17.1 Å². The van der Waals surface area contributed by atoms with Crippen LogP contribution in [-0.2, 0) is 17.8 Å². The number of ether oxygens (including phenoxy) is 1. The summed E-state index contributed by atoms with van der Waals surface area (Å²) in [6.07, 6.45) is 1.62. The van der Waals surface area contributed by atoms with Crippen LogP contribution in [0.4, 0.5) is 5.69 Å². The molecule has 0 unspecified atom stereocenters. The first-order valence-corrected chi connectivity index (χ1v) is 10.5. The molecule has 0 bridgehead atoms. The molecule has 0 saturated heterocycles. The average Bonchev–Trinajstić information content (AvgIpc) is 3.25. The van der Waals surface area contributed by atoms with Crippen LogP contribution in [-0.4, -0.2) is 32.2 Å². The third kappa shape index (κ3) is 4.41. The van der Waals surface area contributed by atoms with Gasteiger partial charge in [0.15, 0.2) is 5.82 Å². The van der Waals surface area contributed by atoms with E-state index in [1.165, 1.54) is 4.52 Å². The highest BCUT2D eigenvalue weighted by atomic mass is 16.5. The van der Waals surface area contributed by atoms with Gasteiger partial charge in [0, 0.05) is 35.1 Å². The molecule has 0 aliphatic heterocycles. The maximum Gasteiger partial charge on any atom is 0.279 e. The summed E-state index contributed by atoms with van der Waals surface area (Å²) in [6, 6.07) is 14.8. The first-order valence-electron chi connectivity index (χ1n) is 10.5. The van der Waals surface area contributed by atoms with Crippen LogP contribution in [0.25, 0.3) is 17.2 Å². The summed E-state index contributed by atoms with van der Waals surface area (Å²) in [5.41, 5.74) is 3.15. The molecule has 1 N–H and O–H groups in total. The fourth-order valence-corrected chi connectivity index (χ4v) is 3.65. The Hall–Kier alpha value is -4.20. The molecular formula is C25H25N5O3. The molecule has 0 radical (unpaired) electrons. The normalized spacial score (nSPS) is 10.9. The van der Waals surface area contributed by atoms with Crippen LogP contribution >= 0.6 is 0 Å². The monoisotopic (exact) mass is 443 g/mol. The second-order valence-electron chi connectivity index (χ2n) is 7.74. The van der Waals surface area contributed by atoms with Crippen molar-refractivity contribution in [3.05, 3.63) is 88.4 Å². The number of nitrogens with zero attached hydrogens (tertiary/aromatic N) is 4. The van der Waals surface area contributed by atoms with Gasteiger partial charge in [-0.25, -0.2) is 0 Å². The van der Waals surface area contributed by atoms with Gasteiger partial charge >= 0.3 is 0 Å². The number of benzene rings is 2. The summed E-state index contributed by atoms with van der Waals surface area (Å²) in [5.74, 6) is 1.17. The van der Waals surface area contributed by atoms with Crippen molar-refractivity contribution in [1.82, 2.24) is 19.2 Å². The fraction of sp³-hybridized carbons (Fsp3) is 0.200. The standard InChI is InChI=1S/C25H25N5O3/c1-5-13-29-17(3)21(15-22(31)26-19-7-6-8-20(14-19)33-4)24(32)30-25(29)27-23(28-30)18-11-9-16(2)10-12-18/h5-12,14H,1,13,15H2,2-4H3,(H,26,31). The molecule has 168 valence electrons. The number of rotatable bonds is 7. The smallest absolute Gasteiger partial charge is 0.279 e. The summed E-state index contributed by atoms with van der Waals surface area (Å²) >= 11 is 0. The number of nitrogens with one attached hydrogen (secondary N) is 1. The van der Waals surface area contributed by atoms with E-state index >= 15 is 0 Å². The number of methoxy groups -OCH3 is 1. The Balaban J connectivity index is 1.74. The average molecular weight is 444 g/mol. The molecule has 33 heavy (non-hydrogen) atoms. The lowest BCUT2D eigenvalue weighted by molar-refractivity contribution is -0.115. The number of anilines is 1. The van der Waals surface area contributed by atoms with E-state index in [2.05, 4.69) is 22.0 Å². The van der Waals surface area contributed by atoms with E-state index < -0.39 is 0 Å². The second kappa shape index (κ2) is 9.12. The van der Waals surface area contributed by atoms with E-state index in [4.69, 9.17) is 4.74 Å². The predicted octanol–water partition coefficient (Wildman–Crippen LogP) is 3.55. The minimum atomic E-state index is -0.366. The highest BCUT2D eigenvalue weighted by Gasteiger charge is 2.20. The number of aromatic nitrogens is 4. The number of hydrogen-bond acceptors (Lipinski definition) is 5. The summed E-state index contributed by atoms with van der Waals surface area (Å²) < 4.78 is 8.30. The Labute approximate surface area is 191 Å². The molecule has 4 rings (SSSR count). The van der Waals surface area contributed by atoms with Gasteiger partial charge in [-0.1, -0.05) is 42.0 Å². The predicted molar refractivity (Wildman–Crippen MR) is 128 cm³/mol. The van der Waals surface area contributed by atoms with Gasteiger partial charge in [0.2, 0.25) is 11.7 Å². The van der Waals surface area contributed by atoms with E-state index in [1.54, 1.807) is 44.4 Å². The molecule has 8 heteroatoms. The quantitative estimate of drug-likeness (QED) is 0.441. The molecule has 0 fully saturated rings. The number of fused-ring (bicyclic) bond motifs is 1. The van der Waals surface area contributed by atoms with Gasteiger partial charge in [0.25, 0.3) is 5.56 Å². The molecule has 0 aliphatic carbocycles.